The Bertz CT molecular complexity index is 681. The molecule has 0 amide bonds. The third-order valence-electron chi connectivity index (χ3n) is 2.93. The van der Waals surface area contributed by atoms with Crippen molar-refractivity contribution in [3.8, 4) is 11.5 Å². The summed E-state index contributed by atoms with van der Waals surface area (Å²) in [6.07, 6.45) is 2.58. The summed E-state index contributed by atoms with van der Waals surface area (Å²) in [5.74, 6) is 0.129. The molecule has 0 bridgehead atoms. The van der Waals surface area contributed by atoms with Gasteiger partial charge in [0.25, 0.3) is 0 Å². The maximum Gasteiger partial charge on any atom is 0.328 e. The SMILES string of the molecule is COc1cc(Br)c(/C=C/C(=O)O)cc1OCc1ccccc1. The molecule has 5 heteroatoms. The zero-order chi connectivity index (χ0) is 15.9. The highest BCUT2D eigenvalue weighted by atomic mass is 79.9. The number of hydrogen-bond donors (Lipinski definition) is 1. The Balaban J connectivity index is 2.24. The molecule has 114 valence electrons. The number of aliphatic carboxylic acids is 1. The minimum Gasteiger partial charge on any atom is -0.493 e. The van der Waals surface area contributed by atoms with Crippen LogP contribution in [0.3, 0.4) is 0 Å². The number of carboxylic acids is 1. The Morgan fingerprint density at radius 2 is 1.95 bits per heavy atom. The van der Waals surface area contributed by atoms with Gasteiger partial charge in [0.05, 0.1) is 7.11 Å². The fraction of sp³-hybridized carbons (Fsp3) is 0.118. The zero-order valence-corrected chi connectivity index (χ0v) is 13.5. The number of carbonyl (C=O) groups is 1. The molecule has 22 heavy (non-hydrogen) atoms. The van der Waals surface area contributed by atoms with E-state index >= 15 is 0 Å². The third kappa shape index (κ3) is 4.36. The molecule has 0 unspecified atom stereocenters. The van der Waals surface area contributed by atoms with Crippen molar-refractivity contribution in [2.24, 2.45) is 0 Å². The van der Waals surface area contributed by atoms with Gasteiger partial charge in [-0.2, -0.15) is 0 Å². The highest BCUT2D eigenvalue weighted by Crippen LogP contribution is 2.34. The standard InChI is InChI=1S/C17H15BrO4/c1-21-15-10-14(18)13(7-8-17(19)20)9-16(15)22-11-12-5-3-2-4-6-12/h2-10H,11H2,1H3,(H,19,20)/b8-7+. The van der Waals surface area contributed by atoms with Crippen molar-refractivity contribution in [2.75, 3.05) is 7.11 Å². The summed E-state index contributed by atoms with van der Waals surface area (Å²) in [5.41, 5.74) is 1.74. The van der Waals surface area contributed by atoms with Crippen molar-refractivity contribution in [3.63, 3.8) is 0 Å². The molecule has 0 radical (unpaired) electrons. The molecule has 0 fully saturated rings. The van der Waals surface area contributed by atoms with Gasteiger partial charge in [-0.05, 0) is 29.3 Å². The van der Waals surface area contributed by atoms with Gasteiger partial charge in [0.2, 0.25) is 0 Å². The van der Waals surface area contributed by atoms with Crippen molar-refractivity contribution in [2.45, 2.75) is 6.61 Å². The number of benzene rings is 2. The average molecular weight is 363 g/mol. The number of hydrogen-bond acceptors (Lipinski definition) is 3. The summed E-state index contributed by atoms with van der Waals surface area (Å²) in [6, 6.07) is 13.3. The van der Waals surface area contributed by atoms with Crippen LogP contribution >= 0.6 is 15.9 Å². The van der Waals surface area contributed by atoms with Gasteiger partial charge in [0.1, 0.15) is 6.61 Å². The molecular formula is C17H15BrO4. The Hall–Kier alpha value is -2.27. The lowest BCUT2D eigenvalue weighted by atomic mass is 10.2. The Kier molecular flexibility index (Phi) is 5.61. The maximum atomic E-state index is 10.6. The highest BCUT2D eigenvalue weighted by Gasteiger charge is 2.09. The monoisotopic (exact) mass is 362 g/mol. The van der Waals surface area contributed by atoms with E-state index in [1.807, 2.05) is 30.3 Å². The average Bonchev–Trinajstić information content (AvgIpc) is 2.53. The maximum absolute atomic E-state index is 10.6. The van der Waals surface area contributed by atoms with Crippen LogP contribution in [0.5, 0.6) is 11.5 Å². The molecule has 1 N–H and O–H groups in total. The summed E-state index contributed by atoms with van der Waals surface area (Å²) in [5, 5.41) is 8.73. The molecule has 0 aliphatic heterocycles. The van der Waals surface area contributed by atoms with Crippen molar-refractivity contribution < 1.29 is 19.4 Å². The molecule has 0 aliphatic rings. The van der Waals surface area contributed by atoms with E-state index in [1.54, 1.807) is 19.2 Å². The molecule has 0 aromatic heterocycles. The predicted molar refractivity (Wildman–Crippen MR) is 88.1 cm³/mol. The van der Waals surface area contributed by atoms with E-state index in [1.165, 1.54) is 6.08 Å². The molecular weight excluding hydrogens is 348 g/mol. The fourth-order valence-corrected chi connectivity index (χ4v) is 2.30. The second-order valence-corrected chi connectivity index (χ2v) is 5.32. The number of carboxylic acid groups (broad SMARTS) is 1. The number of ether oxygens (including phenoxy) is 2. The van der Waals surface area contributed by atoms with Gasteiger partial charge in [-0.3, -0.25) is 0 Å². The van der Waals surface area contributed by atoms with Crippen LogP contribution in [0.15, 0.2) is 53.0 Å². The fourth-order valence-electron chi connectivity index (χ4n) is 1.85. The molecule has 4 nitrogen and oxygen atoms in total. The second kappa shape index (κ2) is 7.66. The van der Waals surface area contributed by atoms with Crippen LogP contribution < -0.4 is 9.47 Å². The van der Waals surface area contributed by atoms with Gasteiger partial charge >= 0.3 is 5.97 Å². The number of rotatable bonds is 6. The zero-order valence-electron chi connectivity index (χ0n) is 12.0. The molecule has 0 saturated heterocycles. The van der Waals surface area contributed by atoms with Crippen molar-refractivity contribution in [1.29, 1.82) is 0 Å². The predicted octanol–water partition coefficient (Wildman–Crippen LogP) is 4.13. The van der Waals surface area contributed by atoms with Gasteiger partial charge in [0, 0.05) is 10.5 Å². The first kappa shape index (κ1) is 16.1. The Morgan fingerprint density at radius 3 is 2.59 bits per heavy atom. The van der Waals surface area contributed by atoms with Gasteiger partial charge in [-0.1, -0.05) is 46.3 Å². The molecule has 2 rings (SSSR count). The van der Waals surface area contributed by atoms with E-state index in [0.29, 0.717) is 23.7 Å². The Morgan fingerprint density at radius 1 is 1.23 bits per heavy atom. The quantitative estimate of drug-likeness (QED) is 0.784. The number of methoxy groups -OCH3 is 1. The van der Waals surface area contributed by atoms with Gasteiger partial charge in [0.15, 0.2) is 11.5 Å². The smallest absolute Gasteiger partial charge is 0.328 e. The van der Waals surface area contributed by atoms with E-state index in [4.69, 9.17) is 14.6 Å². The minimum atomic E-state index is -1.01. The largest absolute Gasteiger partial charge is 0.493 e. The van der Waals surface area contributed by atoms with Crippen molar-refractivity contribution in [3.05, 3.63) is 64.1 Å². The number of halogens is 1. The van der Waals surface area contributed by atoms with Crippen molar-refractivity contribution in [1.82, 2.24) is 0 Å². The van der Waals surface area contributed by atoms with E-state index in [2.05, 4.69) is 15.9 Å². The minimum absolute atomic E-state index is 0.404. The van der Waals surface area contributed by atoms with Crippen LogP contribution in [0.1, 0.15) is 11.1 Å². The molecule has 0 saturated carbocycles. The molecule has 0 heterocycles. The van der Waals surface area contributed by atoms with Crippen LogP contribution in [0.25, 0.3) is 6.08 Å². The molecule has 0 atom stereocenters. The highest BCUT2D eigenvalue weighted by molar-refractivity contribution is 9.10. The summed E-state index contributed by atoms with van der Waals surface area (Å²) < 4.78 is 11.8. The van der Waals surface area contributed by atoms with Crippen LogP contribution in [0.4, 0.5) is 0 Å². The summed E-state index contributed by atoms with van der Waals surface area (Å²) in [7, 11) is 1.56. The molecule has 2 aromatic rings. The first-order valence-corrected chi connectivity index (χ1v) is 7.34. The van der Waals surface area contributed by atoms with E-state index in [9.17, 15) is 4.79 Å². The lowest BCUT2D eigenvalue weighted by Crippen LogP contribution is -1.98. The lowest BCUT2D eigenvalue weighted by molar-refractivity contribution is -0.131. The lowest BCUT2D eigenvalue weighted by Gasteiger charge is -2.13. The first-order valence-electron chi connectivity index (χ1n) is 6.55. The van der Waals surface area contributed by atoms with Crippen LogP contribution in [0.2, 0.25) is 0 Å². The van der Waals surface area contributed by atoms with Gasteiger partial charge in [-0.15, -0.1) is 0 Å². The normalized spacial score (nSPS) is 10.6. The van der Waals surface area contributed by atoms with Gasteiger partial charge < -0.3 is 14.6 Å². The topological polar surface area (TPSA) is 55.8 Å². The summed E-state index contributed by atoms with van der Waals surface area (Å²) in [4.78, 5) is 10.6. The third-order valence-corrected chi connectivity index (χ3v) is 3.61. The molecule has 2 aromatic carbocycles. The first-order chi connectivity index (χ1) is 10.6. The molecule has 0 aliphatic carbocycles. The summed E-state index contributed by atoms with van der Waals surface area (Å²) >= 11 is 3.39. The second-order valence-electron chi connectivity index (χ2n) is 4.47. The van der Waals surface area contributed by atoms with E-state index < -0.39 is 5.97 Å². The summed E-state index contributed by atoms with van der Waals surface area (Å²) in [6.45, 7) is 0.404. The van der Waals surface area contributed by atoms with Crippen LogP contribution in [-0.4, -0.2) is 18.2 Å². The molecule has 0 spiro atoms. The Labute approximate surface area is 137 Å². The van der Waals surface area contributed by atoms with Crippen LogP contribution in [-0.2, 0) is 11.4 Å². The van der Waals surface area contributed by atoms with E-state index in [-0.39, 0.29) is 0 Å². The van der Waals surface area contributed by atoms with Crippen LogP contribution in [0, 0.1) is 0 Å². The van der Waals surface area contributed by atoms with Gasteiger partial charge in [-0.25, -0.2) is 4.79 Å². The van der Waals surface area contributed by atoms with E-state index in [0.717, 1.165) is 16.1 Å². The van der Waals surface area contributed by atoms with Crippen molar-refractivity contribution >= 4 is 28.0 Å².